The van der Waals surface area contributed by atoms with Gasteiger partial charge >= 0.3 is 6.18 Å². The molecule has 5 rings (SSSR count). The van der Waals surface area contributed by atoms with Crippen LogP contribution in [-0.4, -0.2) is 30.7 Å². The SMILES string of the molecule is C[C@@H](Nc1ncnc2c1cc(C1(C(F)(F)F)CC1)c1nncn12)c1cccc(C(F)F)c1F. The molecule has 3 aromatic heterocycles. The van der Waals surface area contributed by atoms with Crippen LogP contribution < -0.4 is 5.32 Å². The third kappa shape index (κ3) is 3.26. The standard InChI is InChI=1S/C21H16F6N6/c1-10(11-3-2-4-12(15(11)22)16(23)24)31-17-13-7-14(20(5-6-20)21(25,26)27)19-32-30-9-33(19)18(13)29-8-28-17/h2-4,7-10,16H,5-6H2,1H3,(H,28,29,31)/t10-/m1/s1. The molecule has 1 atom stereocenters. The first-order chi connectivity index (χ1) is 15.6. The van der Waals surface area contributed by atoms with Gasteiger partial charge in [-0.2, -0.15) is 13.2 Å². The second-order valence-electron chi connectivity index (χ2n) is 8.04. The Bertz CT molecular complexity index is 1360. The van der Waals surface area contributed by atoms with Crippen LogP contribution in [-0.2, 0) is 5.41 Å². The Balaban J connectivity index is 1.64. The maximum Gasteiger partial charge on any atom is 0.398 e. The molecule has 33 heavy (non-hydrogen) atoms. The molecule has 1 fully saturated rings. The zero-order valence-electron chi connectivity index (χ0n) is 17.0. The van der Waals surface area contributed by atoms with E-state index in [1.54, 1.807) is 0 Å². The Morgan fingerprint density at radius 2 is 1.82 bits per heavy atom. The van der Waals surface area contributed by atoms with E-state index in [1.807, 2.05) is 0 Å². The molecule has 3 heterocycles. The summed E-state index contributed by atoms with van der Waals surface area (Å²) in [6, 6.07) is 4.18. The van der Waals surface area contributed by atoms with E-state index in [0.717, 1.165) is 6.07 Å². The molecule has 0 radical (unpaired) electrons. The first-order valence-corrected chi connectivity index (χ1v) is 10.0. The lowest BCUT2D eigenvalue weighted by Crippen LogP contribution is -2.29. The summed E-state index contributed by atoms with van der Waals surface area (Å²) in [7, 11) is 0. The van der Waals surface area contributed by atoms with Crippen molar-refractivity contribution >= 4 is 22.5 Å². The molecule has 1 N–H and O–H groups in total. The third-order valence-corrected chi connectivity index (χ3v) is 6.09. The Hall–Kier alpha value is -3.44. The van der Waals surface area contributed by atoms with E-state index in [9.17, 15) is 26.3 Å². The second-order valence-corrected chi connectivity index (χ2v) is 8.04. The van der Waals surface area contributed by atoms with Gasteiger partial charge in [-0.15, -0.1) is 10.2 Å². The Morgan fingerprint density at radius 1 is 1.09 bits per heavy atom. The van der Waals surface area contributed by atoms with Gasteiger partial charge < -0.3 is 5.32 Å². The fourth-order valence-corrected chi connectivity index (χ4v) is 4.15. The molecule has 1 aliphatic carbocycles. The van der Waals surface area contributed by atoms with Crippen molar-refractivity contribution in [3.63, 3.8) is 0 Å². The predicted octanol–water partition coefficient (Wildman–Crippen LogP) is 5.52. The summed E-state index contributed by atoms with van der Waals surface area (Å²) in [5.74, 6) is -0.925. The van der Waals surface area contributed by atoms with Crippen LogP contribution in [0.5, 0.6) is 0 Å². The minimum atomic E-state index is -4.48. The summed E-state index contributed by atoms with van der Waals surface area (Å²) in [5.41, 5.74) is -2.54. The average molecular weight is 466 g/mol. The molecule has 6 nitrogen and oxygen atoms in total. The van der Waals surface area contributed by atoms with Crippen molar-refractivity contribution in [3.8, 4) is 0 Å². The van der Waals surface area contributed by atoms with Gasteiger partial charge in [-0.1, -0.05) is 18.2 Å². The number of hydrogen-bond donors (Lipinski definition) is 1. The first-order valence-electron chi connectivity index (χ1n) is 10.0. The molecular formula is C21H16F6N6. The van der Waals surface area contributed by atoms with E-state index in [4.69, 9.17) is 0 Å². The largest absolute Gasteiger partial charge is 0.398 e. The Labute approximate surface area is 182 Å². The lowest BCUT2D eigenvalue weighted by atomic mass is 9.95. The van der Waals surface area contributed by atoms with Crippen molar-refractivity contribution in [2.75, 3.05) is 5.32 Å². The van der Waals surface area contributed by atoms with Crippen molar-refractivity contribution < 1.29 is 26.3 Å². The topological polar surface area (TPSA) is 68.0 Å². The lowest BCUT2D eigenvalue weighted by molar-refractivity contribution is -0.160. The van der Waals surface area contributed by atoms with Crippen molar-refractivity contribution in [3.05, 3.63) is 59.4 Å². The van der Waals surface area contributed by atoms with Crippen LogP contribution in [0.1, 0.15) is 48.9 Å². The van der Waals surface area contributed by atoms with Gasteiger partial charge in [-0.25, -0.2) is 23.1 Å². The number of alkyl halides is 5. The molecule has 172 valence electrons. The zero-order chi connectivity index (χ0) is 23.5. The smallest absolute Gasteiger partial charge is 0.363 e. The normalized spacial score (nSPS) is 16.5. The van der Waals surface area contributed by atoms with Crippen LogP contribution in [0.15, 0.2) is 36.9 Å². The van der Waals surface area contributed by atoms with Gasteiger partial charge in [0.1, 0.15) is 24.3 Å². The van der Waals surface area contributed by atoms with E-state index in [-0.39, 0.29) is 46.5 Å². The molecular weight excluding hydrogens is 450 g/mol. The van der Waals surface area contributed by atoms with E-state index in [2.05, 4.69) is 25.5 Å². The summed E-state index contributed by atoms with van der Waals surface area (Å²) in [5, 5.41) is 10.8. The number of anilines is 1. The minimum absolute atomic E-state index is 0.0286. The maximum absolute atomic E-state index is 14.6. The summed E-state index contributed by atoms with van der Waals surface area (Å²) in [6.07, 6.45) is -5.17. The highest BCUT2D eigenvalue weighted by molar-refractivity contribution is 5.90. The first kappa shape index (κ1) is 21.4. The number of hydrogen-bond acceptors (Lipinski definition) is 5. The summed E-state index contributed by atoms with van der Waals surface area (Å²) in [4.78, 5) is 8.29. The highest BCUT2D eigenvalue weighted by Gasteiger charge is 2.65. The monoisotopic (exact) mass is 466 g/mol. The van der Waals surface area contributed by atoms with E-state index in [0.29, 0.717) is 0 Å². The number of aromatic nitrogens is 5. The fraction of sp³-hybridized carbons (Fsp3) is 0.333. The number of halogens is 6. The van der Waals surface area contributed by atoms with Crippen molar-refractivity contribution in [1.29, 1.82) is 0 Å². The van der Waals surface area contributed by atoms with Gasteiger partial charge in [0.15, 0.2) is 11.3 Å². The predicted molar refractivity (Wildman–Crippen MR) is 106 cm³/mol. The number of nitrogens with zero attached hydrogens (tertiary/aromatic N) is 5. The average Bonchev–Trinajstić information content (AvgIpc) is 3.43. The molecule has 4 aromatic rings. The number of nitrogens with one attached hydrogen (secondary N) is 1. The van der Waals surface area contributed by atoms with Crippen molar-refractivity contribution in [2.45, 2.75) is 43.8 Å². The number of pyridine rings is 1. The van der Waals surface area contributed by atoms with E-state index in [1.165, 1.54) is 42.2 Å². The summed E-state index contributed by atoms with van der Waals surface area (Å²) < 4.78 is 83.8. The molecule has 0 amide bonds. The Kier molecular flexibility index (Phi) is 4.73. The van der Waals surface area contributed by atoms with Crippen LogP contribution in [0.4, 0.5) is 32.2 Å². The highest BCUT2D eigenvalue weighted by atomic mass is 19.4. The highest BCUT2D eigenvalue weighted by Crippen LogP contribution is 2.60. The van der Waals surface area contributed by atoms with Crippen LogP contribution in [0, 0.1) is 5.82 Å². The minimum Gasteiger partial charge on any atom is -0.363 e. The molecule has 12 heteroatoms. The molecule has 0 saturated heterocycles. The van der Waals surface area contributed by atoms with Gasteiger partial charge in [-0.3, -0.25) is 4.40 Å². The number of benzene rings is 1. The molecule has 1 saturated carbocycles. The number of rotatable bonds is 5. The molecule has 0 unspecified atom stereocenters. The van der Waals surface area contributed by atoms with Crippen LogP contribution in [0.3, 0.4) is 0 Å². The van der Waals surface area contributed by atoms with Crippen LogP contribution in [0.2, 0.25) is 0 Å². The molecule has 1 aliphatic rings. The zero-order valence-corrected chi connectivity index (χ0v) is 17.0. The quantitative estimate of drug-likeness (QED) is 0.393. The van der Waals surface area contributed by atoms with Crippen LogP contribution >= 0.6 is 0 Å². The van der Waals surface area contributed by atoms with Gasteiger partial charge in [0.2, 0.25) is 0 Å². The van der Waals surface area contributed by atoms with Crippen LogP contribution in [0.25, 0.3) is 16.7 Å². The van der Waals surface area contributed by atoms with Crippen molar-refractivity contribution in [1.82, 2.24) is 24.6 Å². The molecule has 0 aliphatic heterocycles. The van der Waals surface area contributed by atoms with E-state index < -0.39 is 35.4 Å². The summed E-state index contributed by atoms with van der Waals surface area (Å²) in [6.45, 7) is 1.54. The van der Waals surface area contributed by atoms with E-state index >= 15 is 0 Å². The maximum atomic E-state index is 14.6. The third-order valence-electron chi connectivity index (χ3n) is 6.09. The van der Waals surface area contributed by atoms with Gasteiger partial charge in [0.25, 0.3) is 6.43 Å². The molecule has 0 bridgehead atoms. The number of fused-ring (bicyclic) bond motifs is 3. The van der Waals surface area contributed by atoms with Crippen molar-refractivity contribution in [2.24, 2.45) is 0 Å². The molecule has 0 spiro atoms. The van der Waals surface area contributed by atoms with Gasteiger partial charge in [-0.05, 0) is 25.8 Å². The fourth-order valence-electron chi connectivity index (χ4n) is 4.15. The molecule has 1 aromatic carbocycles. The summed E-state index contributed by atoms with van der Waals surface area (Å²) >= 11 is 0. The lowest BCUT2D eigenvalue weighted by Gasteiger charge is -2.22. The Morgan fingerprint density at radius 3 is 2.48 bits per heavy atom. The second kappa shape index (κ2) is 7.29. The van der Waals surface area contributed by atoms with Gasteiger partial charge in [0, 0.05) is 11.1 Å². The van der Waals surface area contributed by atoms with Gasteiger partial charge in [0.05, 0.1) is 22.4 Å².